The molecule has 1 saturated carbocycles. The Morgan fingerprint density at radius 2 is 1.90 bits per heavy atom. The van der Waals surface area contributed by atoms with Crippen molar-refractivity contribution in [2.45, 2.75) is 39.3 Å². The second-order valence-corrected chi connectivity index (χ2v) is 5.78. The Morgan fingerprint density at radius 3 is 2.60 bits per heavy atom. The van der Waals surface area contributed by atoms with Crippen molar-refractivity contribution in [1.29, 1.82) is 0 Å². The van der Waals surface area contributed by atoms with Crippen molar-refractivity contribution in [3.05, 3.63) is 58.9 Å². The molecule has 0 aliphatic heterocycles. The van der Waals surface area contributed by atoms with Crippen LogP contribution >= 0.6 is 0 Å². The van der Waals surface area contributed by atoms with E-state index in [-0.39, 0.29) is 5.82 Å². The van der Waals surface area contributed by atoms with E-state index in [1.54, 1.807) is 13.0 Å². The molecule has 3 rings (SSSR count). The summed E-state index contributed by atoms with van der Waals surface area (Å²) < 4.78 is 13.8. The quantitative estimate of drug-likeness (QED) is 0.869. The van der Waals surface area contributed by atoms with Gasteiger partial charge in [-0.1, -0.05) is 35.9 Å². The van der Waals surface area contributed by atoms with Crippen molar-refractivity contribution < 1.29 is 4.39 Å². The lowest BCUT2D eigenvalue weighted by molar-refractivity contribution is 0.619. The molecule has 0 unspecified atom stereocenters. The Kier molecular flexibility index (Phi) is 3.58. The van der Waals surface area contributed by atoms with E-state index < -0.39 is 0 Å². The maximum absolute atomic E-state index is 13.8. The molecule has 0 bridgehead atoms. The summed E-state index contributed by atoms with van der Waals surface area (Å²) in [7, 11) is 0. The van der Waals surface area contributed by atoms with Crippen molar-refractivity contribution in [3.8, 4) is 11.1 Å². The number of halogens is 1. The van der Waals surface area contributed by atoms with Crippen molar-refractivity contribution in [2.24, 2.45) is 0 Å². The maximum atomic E-state index is 13.8. The third-order valence-corrected chi connectivity index (χ3v) is 3.91. The van der Waals surface area contributed by atoms with E-state index in [1.165, 1.54) is 24.0 Å². The molecule has 1 nitrogen and oxygen atoms in total. The van der Waals surface area contributed by atoms with Crippen LogP contribution < -0.4 is 5.32 Å². The monoisotopic (exact) mass is 269 g/mol. The normalized spacial score (nSPS) is 14.6. The Morgan fingerprint density at radius 1 is 1.10 bits per heavy atom. The number of hydrogen-bond donors (Lipinski definition) is 1. The third-order valence-electron chi connectivity index (χ3n) is 3.91. The summed E-state index contributed by atoms with van der Waals surface area (Å²) in [6.45, 7) is 4.73. The third kappa shape index (κ3) is 2.91. The van der Waals surface area contributed by atoms with Crippen LogP contribution in [0.5, 0.6) is 0 Å². The molecular formula is C18H20FN. The molecule has 1 aliphatic rings. The van der Waals surface area contributed by atoms with E-state index in [4.69, 9.17) is 0 Å². The average molecular weight is 269 g/mol. The standard InChI is InChI=1S/C18H20FN/c1-12-3-5-15(11-20-16-7-8-16)17(9-12)14-6-4-13(2)18(19)10-14/h3-6,9-10,16,20H,7-8,11H2,1-2H3. The molecule has 0 heterocycles. The SMILES string of the molecule is Cc1ccc(CNC2CC2)c(-c2ccc(C)c(F)c2)c1. The fraction of sp³-hybridized carbons (Fsp3) is 0.333. The zero-order valence-electron chi connectivity index (χ0n) is 12.0. The first-order valence-corrected chi connectivity index (χ1v) is 7.23. The molecule has 104 valence electrons. The van der Waals surface area contributed by atoms with Crippen LogP contribution in [0.1, 0.15) is 29.5 Å². The van der Waals surface area contributed by atoms with Gasteiger partial charge in [0, 0.05) is 12.6 Å². The molecule has 2 heteroatoms. The highest BCUT2D eigenvalue weighted by Crippen LogP contribution is 2.28. The Labute approximate surface area is 119 Å². The van der Waals surface area contributed by atoms with Gasteiger partial charge in [-0.05, 0) is 55.0 Å². The molecule has 1 N–H and O–H groups in total. The van der Waals surface area contributed by atoms with E-state index in [1.807, 2.05) is 12.1 Å². The molecule has 0 amide bonds. The highest BCUT2D eigenvalue weighted by atomic mass is 19.1. The molecule has 0 aromatic heterocycles. The summed E-state index contributed by atoms with van der Waals surface area (Å²) in [4.78, 5) is 0. The highest BCUT2D eigenvalue weighted by molar-refractivity contribution is 5.68. The van der Waals surface area contributed by atoms with Crippen LogP contribution in [0.3, 0.4) is 0 Å². The predicted molar refractivity (Wildman–Crippen MR) is 81.2 cm³/mol. The first-order chi connectivity index (χ1) is 9.63. The summed E-state index contributed by atoms with van der Waals surface area (Å²) in [6.07, 6.45) is 2.56. The van der Waals surface area contributed by atoms with Gasteiger partial charge in [0.25, 0.3) is 0 Å². The van der Waals surface area contributed by atoms with Crippen LogP contribution in [-0.4, -0.2) is 6.04 Å². The lowest BCUT2D eigenvalue weighted by Gasteiger charge is -2.12. The van der Waals surface area contributed by atoms with Gasteiger partial charge in [0.1, 0.15) is 5.82 Å². The van der Waals surface area contributed by atoms with Crippen LogP contribution in [0.2, 0.25) is 0 Å². The van der Waals surface area contributed by atoms with E-state index in [9.17, 15) is 4.39 Å². The summed E-state index contributed by atoms with van der Waals surface area (Å²) in [5, 5.41) is 3.53. The van der Waals surface area contributed by atoms with E-state index in [0.717, 1.165) is 17.7 Å². The minimum Gasteiger partial charge on any atom is -0.310 e. The Balaban J connectivity index is 1.96. The second kappa shape index (κ2) is 5.37. The van der Waals surface area contributed by atoms with Gasteiger partial charge in [-0.2, -0.15) is 0 Å². The molecular weight excluding hydrogens is 249 g/mol. The van der Waals surface area contributed by atoms with E-state index in [2.05, 4.69) is 30.4 Å². The lowest BCUT2D eigenvalue weighted by Crippen LogP contribution is -2.15. The predicted octanol–water partition coefficient (Wildman–Crippen LogP) is 4.36. The zero-order valence-corrected chi connectivity index (χ0v) is 12.0. The molecule has 2 aromatic rings. The van der Waals surface area contributed by atoms with Gasteiger partial charge < -0.3 is 5.32 Å². The highest BCUT2D eigenvalue weighted by Gasteiger charge is 2.20. The summed E-state index contributed by atoms with van der Waals surface area (Å²) >= 11 is 0. The molecule has 0 saturated heterocycles. The smallest absolute Gasteiger partial charge is 0.126 e. The van der Waals surface area contributed by atoms with Crippen molar-refractivity contribution >= 4 is 0 Å². The number of benzene rings is 2. The van der Waals surface area contributed by atoms with Crippen molar-refractivity contribution in [1.82, 2.24) is 5.32 Å². The number of hydrogen-bond acceptors (Lipinski definition) is 1. The van der Waals surface area contributed by atoms with Gasteiger partial charge in [0.05, 0.1) is 0 Å². The maximum Gasteiger partial charge on any atom is 0.126 e. The van der Waals surface area contributed by atoms with Gasteiger partial charge in [-0.15, -0.1) is 0 Å². The lowest BCUT2D eigenvalue weighted by atomic mass is 9.96. The minimum absolute atomic E-state index is 0.134. The molecule has 1 aliphatic carbocycles. The fourth-order valence-corrected chi connectivity index (χ4v) is 2.42. The Hall–Kier alpha value is -1.67. The topological polar surface area (TPSA) is 12.0 Å². The van der Waals surface area contributed by atoms with Crippen LogP contribution in [0.25, 0.3) is 11.1 Å². The number of nitrogens with one attached hydrogen (secondary N) is 1. The van der Waals surface area contributed by atoms with Crippen molar-refractivity contribution in [3.63, 3.8) is 0 Å². The molecule has 20 heavy (non-hydrogen) atoms. The van der Waals surface area contributed by atoms with Gasteiger partial charge in [0.15, 0.2) is 0 Å². The summed E-state index contributed by atoms with van der Waals surface area (Å²) in [5.74, 6) is -0.134. The van der Waals surface area contributed by atoms with Gasteiger partial charge in [0.2, 0.25) is 0 Å². The minimum atomic E-state index is -0.134. The second-order valence-electron chi connectivity index (χ2n) is 5.78. The zero-order chi connectivity index (χ0) is 14.1. The molecule has 2 aromatic carbocycles. The number of aryl methyl sites for hydroxylation is 2. The van der Waals surface area contributed by atoms with Crippen LogP contribution in [0.15, 0.2) is 36.4 Å². The van der Waals surface area contributed by atoms with Gasteiger partial charge in [-0.25, -0.2) is 4.39 Å². The molecule has 0 spiro atoms. The summed E-state index contributed by atoms with van der Waals surface area (Å²) in [5.41, 5.74) is 5.24. The van der Waals surface area contributed by atoms with Crippen molar-refractivity contribution in [2.75, 3.05) is 0 Å². The van der Waals surface area contributed by atoms with E-state index in [0.29, 0.717) is 11.6 Å². The van der Waals surface area contributed by atoms with Crippen LogP contribution in [0, 0.1) is 19.7 Å². The molecule has 0 radical (unpaired) electrons. The first kappa shape index (κ1) is 13.3. The number of rotatable bonds is 4. The molecule has 1 fully saturated rings. The van der Waals surface area contributed by atoms with Gasteiger partial charge in [-0.3, -0.25) is 0 Å². The van der Waals surface area contributed by atoms with Crippen LogP contribution in [-0.2, 0) is 6.54 Å². The van der Waals surface area contributed by atoms with E-state index >= 15 is 0 Å². The first-order valence-electron chi connectivity index (χ1n) is 7.23. The van der Waals surface area contributed by atoms with Crippen LogP contribution in [0.4, 0.5) is 4.39 Å². The Bertz CT molecular complexity index is 629. The largest absolute Gasteiger partial charge is 0.310 e. The summed E-state index contributed by atoms with van der Waals surface area (Å²) in [6, 6.07) is 12.6. The average Bonchev–Trinajstić information content (AvgIpc) is 3.24. The van der Waals surface area contributed by atoms with Gasteiger partial charge >= 0.3 is 0 Å². The molecule has 0 atom stereocenters. The fourth-order valence-electron chi connectivity index (χ4n) is 2.42.